The van der Waals surface area contributed by atoms with Crippen molar-refractivity contribution >= 4 is 17.0 Å². The van der Waals surface area contributed by atoms with Crippen LogP contribution < -0.4 is 0 Å². The van der Waals surface area contributed by atoms with E-state index >= 15 is 0 Å². The van der Waals surface area contributed by atoms with E-state index in [1.807, 2.05) is 6.21 Å². The molecule has 0 aromatic heterocycles. The lowest BCUT2D eigenvalue weighted by Gasteiger charge is -2.25. The number of fused-ring (bicyclic) bond motifs is 1. The molecule has 0 N–H and O–H groups in total. The van der Waals surface area contributed by atoms with Crippen LogP contribution in [0.15, 0.2) is 47.5 Å². The third-order valence-corrected chi connectivity index (χ3v) is 3.70. The number of hydrogen-bond donors (Lipinski definition) is 0. The highest BCUT2D eigenvalue weighted by Gasteiger charge is 2.08. The van der Waals surface area contributed by atoms with Crippen molar-refractivity contribution in [1.29, 1.82) is 0 Å². The van der Waals surface area contributed by atoms with E-state index in [-0.39, 0.29) is 0 Å². The van der Waals surface area contributed by atoms with Crippen LogP contribution in [0.2, 0.25) is 0 Å². The van der Waals surface area contributed by atoms with E-state index in [1.54, 1.807) is 0 Å². The van der Waals surface area contributed by atoms with Crippen molar-refractivity contribution in [3.63, 3.8) is 0 Å². The largest absolute Gasteiger partial charge is 0.379 e. The van der Waals surface area contributed by atoms with Gasteiger partial charge in [0.2, 0.25) is 0 Å². The van der Waals surface area contributed by atoms with Crippen molar-refractivity contribution in [2.45, 2.75) is 0 Å². The Balaban J connectivity index is 1.62. The summed E-state index contributed by atoms with van der Waals surface area (Å²) in [6, 6.07) is 14.8. The average Bonchev–Trinajstić information content (AvgIpc) is 2.53. The van der Waals surface area contributed by atoms with Crippen LogP contribution in [0.4, 0.5) is 0 Å². The molecule has 0 saturated carbocycles. The summed E-state index contributed by atoms with van der Waals surface area (Å²) in [5.74, 6) is 0. The first-order valence-electron chi connectivity index (χ1n) is 7.21. The van der Waals surface area contributed by atoms with E-state index < -0.39 is 0 Å². The SMILES string of the molecule is C(=NCCN1CCOCC1)c1cccc2ccccc12. The first-order chi connectivity index (χ1) is 9.93. The molecule has 2 aromatic rings. The predicted octanol–water partition coefficient (Wildman–Crippen LogP) is 2.59. The molecule has 1 aliphatic rings. The van der Waals surface area contributed by atoms with Gasteiger partial charge in [-0.2, -0.15) is 0 Å². The number of hydrogen-bond acceptors (Lipinski definition) is 3. The third kappa shape index (κ3) is 3.24. The number of ether oxygens (including phenoxy) is 1. The van der Waals surface area contributed by atoms with E-state index in [4.69, 9.17) is 4.74 Å². The van der Waals surface area contributed by atoms with Crippen LogP contribution in [-0.4, -0.2) is 50.5 Å². The quantitative estimate of drug-likeness (QED) is 0.796. The molecule has 3 heteroatoms. The molecule has 20 heavy (non-hydrogen) atoms. The van der Waals surface area contributed by atoms with Crippen LogP contribution in [-0.2, 0) is 4.74 Å². The Kier molecular flexibility index (Phi) is 4.41. The molecular formula is C17H20N2O. The smallest absolute Gasteiger partial charge is 0.0594 e. The van der Waals surface area contributed by atoms with Crippen LogP contribution in [0.3, 0.4) is 0 Å². The van der Waals surface area contributed by atoms with E-state index in [2.05, 4.69) is 52.4 Å². The van der Waals surface area contributed by atoms with Gasteiger partial charge in [-0.25, -0.2) is 0 Å². The molecule has 1 heterocycles. The number of benzene rings is 2. The second kappa shape index (κ2) is 6.64. The van der Waals surface area contributed by atoms with Gasteiger partial charge in [0.1, 0.15) is 0 Å². The maximum absolute atomic E-state index is 5.34. The van der Waals surface area contributed by atoms with Gasteiger partial charge < -0.3 is 4.74 Å². The summed E-state index contributed by atoms with van der Waals surface area (Å²) >= 11 is 0. The van der Waals surface area contributed by atoms with Crippen molar-refractivity contribution in [3.8, 4) is 0 Å². The summed E-state index contributed by atoms with van der Waals surface area (Å²) in [4.78, 5) is 6.99. The van der Waals surface area contributed by atoms with Gasteiger partial charge in [0, 0.05) is 31.4 Å². The maximum atomic E-state index is 5.34. The molecule has 0 amide bonds. The molecule has 0 atom stereocenters. The van der Waals surface area contributed by atoms with Crippen molar-refractivity contribution in [2.75, 3.05) is 39.4 Å². The summed E-state index contributed by atoms with van der Waals surface area (Å²) < 4.78 is 5.34. The Morgan fingerprint density at radius 2 is 1.85 bits per heavy atom. The average molecular weight is 268 g/mol. The maximum Gasteiger partial charge on any atom is 0.0594 e. The van der Waals surface area contributed by atoms with E-state index in [0.717, 1.165) is 39.4 Å². The fraction of sp³-hybridized carbons (Fsp3) is 0.353. The molecule has 0 aliphatic carbocycles. The van der Waals surface area contributed by atoms with Gasteiger partial charge in [-0.15, -0.1) is 0 Å². The number of aliphatic imine (C=N–C) groups is 1. The van der Waals surface area contributed by atoms with Crippen molar-refractivity contribution in [2.24, 2.45) is 4.99 Å². The molecule has 3 rings (SSSR count). The first-order valence-corrected chi connectivity index (χ1v) is 7.21. The van der Waals surface area contributed by atoms with Crippen LogP contribution >= 0.6 is 0 Å². The Morgan fingerprint density at radius 1 is 1.05 bits per heavy atom. The lowest BCUT2D eigenvalue weighted by Crippen LogP contribution is -2.37. The zero-order valence-electron chi connectivity index (χ0n) is 11.7. The van der Waals surface area contributed by atoms with Crippen LogP contribution in [0.5, 0.6) is 0 Å². The minimum absolute atomic E-state index is 0.850. The lowest BCUT2D eigenvalue weighted by molar-refractivity contribution is 0.0395. The zero-order valence-corrected chi connectivity index (χ0v) is 11.7. The van der Waals surface area contributed by atoms with Gasteiger partial charge in [-0.1, -0.05) is 42.5 Å². The van der Waals surface area contributed by atoms with Gasteiger partial charge in [0.15, 0.2) is 0 Å². The second-order valence-electron chi connectivity index (χ2n) is 5.06. The summed E-state index contributed by atoms with van der Waals surface area (Å²) in [6.07, 6.45) is 2.00. The van der Waals surface area contributed by atoms with E-state index in [9.17, 15) is 0 Å². The number of morpholine rings is 1. The van der Waals surface area contributed by atoms with Crippen molar-refractivity contribution < 1.29 is 4.74 Å². The number of rotatable bonds is 4. The minimum atomic E-state index is 0.850. The molecule has 1 fully saturated rings. The normalized spacial score (nSPS) is 17.0. The second-order valence-corrected chi connectivity index (χ2v) is 5.06. The van der Waals surface area contributed by atoms with Gasteiger partial charge in [0.05, 0.1) is 19.8 Å². The van der Waals surface area contributed by atoms with Crippen LogP contribution in [0.25, 0.3) is 10.8 Å². The molecule has 0 unspecified atom stereocenters. The van der Waals surface area contributed by atoms with Gasteiger partial charge in [-0.05, 0) is 10.8 Å². The fourth-order valence-corrected chi connectivity index (χ4v) is 2.55. The summed E-state index contributed by atoms with van der Waals surface area (Å²) in [5.41, 5.74) is 1.20. The monoisotopic (exact) mass is 268 g/mol. The highest BCUT2D eigenvalue weighted by Crippen LogP contribution is 2.16. The molecule has 0 radical (unpaired) electrons. The first kappa shape index (κ1) is 13.3. The summed E-state index contributed by atoms with van der Waals surface area (Å²) in [5, 5.41) is 2.54. The highest BCUT2D eigenvalue weighted by atomic mass is 16.5. The molecule has 3 nitrogen and oxygen atoms in total. The summed E-state index contributed by atoms with van der Waals surface area (Å²) in [7, 11) is 0. The third-order valence-electron chi connectivity index (χ3n) is 3.70. The molecule has 1 saturated heterocycles. The topological polar surface area (TPSA) is 24.8 Å². The lowest BCUT2D eigenvalue weighted by atomic mass is 10.1. The van der Waals surface area contributed by atoms with Crippen molar-refractivity contribution in [1.82, 2.24) is 4.90 Å². The molecule has 0 spiro atoms. The zero-order chi connectivity index (χ0) is 13.6. The Labute approximate surface area is 119 Å². The fourth-order valence-electron chi connectivity index (χ4n) is 2.55. The predicted molar refractivity (Wildman–Crippen MR) is 83.7 cm³/mol. The van der Waals surface area contributed by atoms with Gasteiger partial charge in [-0.3, -0.25) is 9.89 Å². The number of nitrogens with zero attached hydrogens (tertiary/aromatic N) is 2. The van der Waals surface area contributed by atoms with Gasteiger partial charge in [0.25, 0.3) is 0 Å². The van der Waals surface area contributed by atoms with Crippen LogP contribution in [0, 0.1) is 0 Å². The molecule has 1 aliphatic heterocycles. The standard InChI is InChI=1S/C17H20N2O/c1-2-7-17-15(4-1)5-3-6-16(17)14-18-8-9-19-10-12-20-13-11-19/h1-7,14H,8-13H2. The Morgan fingerprint density at radius 3 is 2.75 bits per heavy atom. The Bertz CT molecular complexity index is 583. The van der Waals surface area contributed by atoms with E-state index in [1.165, 1.54) is 16.3 Å². The van der Waals surface area contributed by atoms with Crippen LogP contribution in [0.1, 0.15) is 5.56 Å². The Hall–Kier alpha value is -1.71. The molecule has 2 aromatic carbocycles. The minimum Gasteiger partial charge on any atom is -0.379 e. The molecule has 104 valence electrons. The summed E-state index contributed by atoms with van der Waals surface area (Å²) in [6.45, 7) is 5.64. The highest BCUT2D eigenvalue weighted by molar-refractivity contribution is 5.99. The molecule has 0 bridgehead atoms. The van der Waals surface area contributed by atoms with E-state index in [0.29, 0.717) is 0 Å². The molecular weight excluding hydrogens is 248 g/mol. The van der Waals surface area contributed by atoms with Crippen molar-refractivity contribution in [3.05, 3.63) is 48.0 Å². The van der Waals surface area contributed by atoms with Gasteiger partial charge >= 0.3 is 0 Å².